The quantitative estimate of drug-likeness (QED) is 0.470. The Kier molecular flexibility index (Phi) is 8.10. The summed E-state index contributed by atoms with van der Waals surface area (Å²) in [6.07, 6.45) is 7.69. The number of aromatic nitrogens is 3. The summed E-state index contributed by atoms with van der Waals surface area (Å²) in [7, 11) is 3.47. The third-order valence-corrected chi connectivity index (χ3v) is 6.03. The first-order chi connectivity index (χ1) is 17.0. The number of methoxy groups -OCH3 is 1. The fraction of sp³-hybridized carbons (Fsp3) is 0.385. The van der Waals surface area contributed by atoms with Crippen LogP contribution in [0.3, 0.4) is 0 Å². The maximum Gasteiger partial charge on any atom is 0.242 e. The summed E-state index contributed by atoms with van der Waals surface area (Å²) >= 11 is 0. The van der Waals surface area contributed by atoms with Gasteiger partial charge in [0.05, 0.1) is 32.6 Å². The molecule has 1 fully saturated rings. The van der Waals surface area contributed by atoms with Gasteiger partial charge >= 0.3 is 0 Å². The van der Waals surface area contributed by atoms with E-state index in [9.17, 15) is 9.59 Å². The third kappa shape index (κ3) is 6.89. The Hall–Kier alpha value is -3.72. The second kappa shape index (κ2) is 11.6. The lowest BCUT2D eigenvalue weighted by molar-refractivity contribution is -0.139. The van der Waals surface area contributed by atoms with E-state index in [1.165, 1.54) is 0 Å². The zero-order chi connectivity index (χ0) is 24.6. The van der Waals surface area contributed by atoms with Crippen molar-refractivity contribution < 1.29 is 19.1 Å². The van der Waals surface area contributed by atoms with Crippen LogP contribution in [-0.2, 0) is 40.9 Å². The van der Waals surface area contributed by atoms with Crippen molar-refractivity contribution in [1.29, 1.82) is 0 Å². The number of ether oxygens (including phenoxy) is 2. The van der Waals surface area contributed by atoms with E-state index in [-0.39, 0.29) is 24.5 Å². The number of carbonyl (C=O) groups is 2. The molecule has 9 nitrogen and oxygen atoms in total. The number of aryl methyl sites for hydroxylation is 2. The number of rotatable bonds is 9. The predicted molar refractivity (Wildman–Crippen MR) is 129 cm³/mol. The molecule has 1 atom stereocenters. The average molecular weight is 478 g/mol. The van der Waals surface area contributed by atoms with Crippen molar-refractivity contribution in [3.8, 4) is 5.75 Å². The van der Waals surface area contributed by atoms with Crippen LogP contribution in [0.15, 0.2) is 61.2 Å². The van der Waals surface area contributed by atoms with Crippen LogP contribution in [-0.4, -0.2) is 69.2 Å². The van der Waals surface area contributed by atoms with Gasteiger partial charge in [0.1, 0.15) is 5.75 Å². The third-order valence-electron chi connectivity index (χ3n) is 6.03. The molecule has 0 saturated carbocycles. The fourth-order valence-electron chi connectivity index (χ4n) is 4.10. The molecule has 1 aliphatic heterocycles. The van der Waals surface area contributed by atoms with E-state index < -0.39 is 0 Å². The number of hydrogen-bond donors (Lipinski definition) is 0. The molecule has 0 bridgehead atoms. The molecular weight excluding hydrogens is 446 g/mol. The maximum absolute atomic E-state index is 13.1. The van der Waals surface area contributed by atoms with E-state index in [4.69, 9.17) is 9.47 Å². The van der Waals surface area contributed by atoms with Gasteiger partial charge in [-0.05, 0) is 41.8 Å². The molecule has 2 amide bonds. The van der Waals surface area contributed by atoms with Gasteiger partial charge < -0.3 is 19.3 Å². The van der Waals surface area contributed by atoms with Crippen molar-refractivity contribution in [1.82, 2.24) is 24.6 Å². The van der Waals surface area contributed by atoms with Crippen LogP contribution >= 0.6 is 0 Å². The van der Waals surface area contributed by atoms with Crippen molar-refractivity contribution in [2.45, 2.75) is 32.1 Å². The van der Waals surface area contributed by atoms with Crippen LogP contribution in [0.4, 0.5) is 0 Å². The Bertz CT molecular complexity index is 1120. The summed E-state index contributed by atoms with van der Waals surface area (Å²) in [6.45, 7) is 1.62. The van der Waals surface area contributed by atoms with Crippen molar-refractivity contribution in [2.24, 2.45) is 7.05 Å². The SMILES string of the molecule is COc1ccc(CCC(=O)N2CC(=O)N(Cc3cnn(C)c3)C[C@H](OCc3ccncc3)C2)cc1. The molecule has 0 radical (unpaired) electrons. The van der Waals surface area contributed by atoms with E-state index in [0.29, 0.717) is 39.1 Å². The number of nitrogens with zero attached hydrogens (tertiary/aromatic N) is 5. The van der Waals surface area contributed by atoms with E-state index in [1.54, 1.807) is 40.2 Å². The smallest absolute Gasteiger partial charge is 0.242 e. The van der Waals surface area contributed by atoms with Crippen molar-refractivity contribution >= 4 is 11.8 Å². The van der Waals surface area contributed by atoms with E-state index in [2.05, 4.69) is 10.1 Å². The highest BCUT2D eigenvalue weighted by atomic mass is 16.5. The lowest BCUT2D eigenvalue weighted by atomic mass is 10.1. The lowest BCUT2D eigenvalue weighted by Gasteiger charge is -2.24. The lowest BCUT2D eigenvalue weighted by Crippen LogP contribution is -2.39. The highest BCUT2D eigenvalue weighted by Crippen LogP contribution is 2.17. The molecule has 1 aromatic carbocycles. The van der Waals surface area contributed by atoms with E-state index in [0.717, 1.165) is 22.4 Å². The molecule has 0 N–H and O–H groups in total. The minimum Gasteiger partial charge on any atom is -0.497 e. The van der Waals surface area contributed by atoms with E-state index in [1.807, 2.05) is 49.6 Å². The van der Waals surface area contributed by atoms with Crippen LogP contribution < -0.4 is 4.74 Å². The van der Waals surface area contributed by atoms with Gasteiger partial charge in [-0.3, -0.25) is 19.3 Å². The standard InChI is InChI=1S/C26H31N5O4/c1-29-14-22(13-28-29)15-30-16-24(35-19-21-9-11-27-12-10-21)17-31(18-26(30)33)25(32)8-5-20-3-6-23(34-2)7-4-20/h3-4,6-7,9-14,24H,5,8,15-19H2,1-2H3/t24-/m0/s1. The minimum absolute atomic E-state index is 0.0385. The number of pyridine rings is 1. The van der Waals surface area contributed by atoms with Crippen LogP contribution in [0, 0.1) is 0 Å². The average Bonchev–Trinajstić information content (AvgIpc) is 3.22. The Morgan fingerprint density at radius 3 is 2.51 bits per heavy atom. The molecule has 4 rings (SSSR count). The van der Waals surface area contributed by atoms with E-state index >= 15 is 0 Å². The van der Waals surface area contributed by atoms with Crippen LogP contribution in [0.1, 0.15) is 23.1 Å². The summed E-state index contributed by atoms with van der Waals surface area (Å²) in [5, 5.41) is 4.20. The first-order valence-electron chi connectivity index (χ1n) is 11.7. The predicted octanol–water partition coefficient (Wildman–Crippen LogP) is 2.21. The van der Waals surface area contributed by atoms with Crippen LogP contribution in [0.5, 0.6) is 5.75 Å². The Morgan fingerprint density at radius 2 is 1.83 bits per heavy atom. The summed E-state index contributed by atoms with van der Waals surface area (Å²) in [6, 6.07) is 11.5. The molecule has 0 aliphatic carbocycles. The van der Waals surface area contributed by atoms with Gasteiger partial charge in [0.2, 0.25) is 11.8 Å². The summed E-state index contributed by atoms with van der Waals surface area (Å²) in [5.41, 5.74) is 2.98. The summed E-state index contributed by atoms with van der Waals surface area (Å²) < 4.78 is 13.1. The van der Waals surface area contributed by atoms with Gasteiger partial charge in [-0.15, -0.1) is 0 Å². The normalized spacial score (nSPS) is 16.3. The maximum atomic E-state index is 13.1. The molecular formula is C26H31N5O4. The number of hydrogen-bond acceptors (Lipinski definition) is 6. The first-order valence-corrected chi connectivity index (χ1v) is 11.7. The number of carbonyl (C=O) groups excluding carboxylic acids is 2. The van der Waals surface area contributed by atoms with Crippen molar-refractivity contribution in [3.05, 3.63) is 77.9 Å². The minimum atomic E-state index is -0.309. The second-order valence-electron chi connectivity index (χ2n) is 8.71. The molecule has 3 aromatic rings. The fourth-order valence-corrected chi connectivity index (χ4v) is 4.10. The molecule has 3 heterocycles. The second-order valence-corrected chi connectivity index (χ2v) is 8.71. The zero-order valence-corrected chi connectivity index (χ0v) is 20.2. The van der Waals surface area contributed by atoms with Gasteiger partial charge in [-0.25, -0.2) is 0 Å². The van der Waals surface area contributed by atoms with Crippen LogP contribution in [0.25, 0.3) is 0 Å². The van der Waals surface area contributed by atoms with Gasteiger partial charge in [-0.1, -0.05) is 12.1 Å². The summed E-state index contributed by atoms with van der Waals surface area (Å²) in [4.78, 5) is 33.7. The van der Waals surface area contributed by atoms with Gasteiger partial charge in [-0.2, -0.15) is 5.10 Å². The van der Waals surface area contributed by atoms with Crippen LogP contribution in [0.2, 0.25) is 0 Å². The van der Waals surface area contributed by atoms with Gasteiger partial charge in [0.15, 0.2) is 0 Å². The summed E-state index contributed by atoms with van der Waals surface area (Å²) in [5.74, 6) is 0.623. The Labute approximate surface area is 205 Å². The molecule has 1 saturated heterocycles. The number of benzene rings is 1. The zero-order valence-electron chi connectivity index (χ0n) is 20.2. The molecule has 184 valence electrons. The largest absolute Gasteiger partial charge is 0.497 e. The monoisotopic (exact) mass is 477 g/mol. The topological polar surface area (TPSA) is 89.8 Å². The first kappa shape index (κ1) is 24.4. The van der Waals surface area contributed by atoms with Gasteiger partial charge in [0, 0.05) is 57.3 Å². The Morgan fingerprint density at radius 1 is 1.06 bits per heavy atom. The molecule has 35 heavy (non-hydrogen) atoms. The molecule has 0 unspecified atom stereocenters. The molecule has 9 heteroatoms. The van der Waals surface area contributed by atoms with Gasteiger partial charge in [0.25, 0.3) is 0 Å². The highest BCUT2D eigenvalue weighted by Gasteiger charge is 2.31. The molecule has 0 spiro atoms. The molecule has 1 aliphatic rings. The molecule has 2 aromatic heterocycles. The number of amides is 2. The van der Waals surface area contributed by atoms with Crippen molar-refractivity contribution in [2.75, 3.05) is 26.7 Å². The Balaban J connectivity index is 1.43. The highest BCUT2D eigenvalue weighted by molar-refractivity contribution is 5.85. The van der Waals surface area contributed by atoms with Crippen molar-refractivity contribution in [3.63, 3.8) is 0 Å².